The first-order valence-corrected chi connectivity index (χ1v) is 9.95. The van der Waals surface area contributed by atoms with Crippen LogP contribution in [0.3, 0.4) is 0 Å². The van der Waals surface area contributed by atoms with Crippen LogP contribution < -0.4 is 0 Å². The van der Waals surface area contributed by atoms with E-state index in [9.17, 15) is 19.5 Å². The Hall–Kier alpha value is -0.420. The van der Waals surface area contributed by atoms with Crippen LogP contribution in [0.25, 0.3) is 0 Å². The number of hydrogen-bond acceptors (Lipinski definition) is 8. The number of rotatable bonds is 6. The average molecular weight is 511 g/mol. The number of aliphatic hydroxyl groups is 1. The van der Waals surface area contributed by atoms with Gasteiger partial charge in [-0.15, -0.1) is 11.6 Å². The Labute approximate surface area is 166 Å². The second kappa shape index (κ2) is 8.98. The monoisotopic (exact) mass is 508 g/mol. The molecule has 11 heteroatoms. The number of carbonyl (C=O) groups is 3. The van der Waals surface area contributed by atoms with Gasteiger partial charge in [0.15, 0.2) is 18.3 Å². The highest BCUT2D eigenvalue weighted by atomic mass is 79.9. The molecule has 1 N–H and O–H groups in total. The minimum atomic E-state index is -2.08. The lowest BCUT2D eigenvalue weighted by Crippen LogP contribution is -2.74. The Morgan fingerprint density at radius 3 is 1.84 bits per heavy atom. The van der Waals surface area contributed by atoms with Crippen molar-refractivity contribution in [1.82, 2.24) is 0 Å². The zero-order valence-electron chi connectivity index (χ0n) is 13.8. The molecule has 0 bridgehead atoms. The Bertz CT molecular complexity index is 527. The molecule has 0 aromatic carbocycles. The largest absolute Gasteiger partial charge is 0.455 e. The molecule has 0 radical (unpaired) electrons. The Morgan fingerprint density at radius 2 is 1.48 bits per heavy atom. The van der Waals surface area contributed by atoms with Crippen molar-refractivity contribution in [1.29, 1.82) is 0 Å². The molecule has 5 unspecified atom stereocenters. The molecule has 1 aliphatic rings. The summed E-state index contributed by atoms with van der Waals surface area (Å²) in [6.45, 7) is 3.41. The normalized spacial score (nSPS) is 34.9. The molecule has 0 saturated carbocycles. The zero-order chi connectivity index (χ0) is 19.4. The van der Waals surface area contributed by atoms with Crippen LogP contribution in [0.15, 0.2) is 0 Å². The SMILES string of the molecule is CC(=O)OC1C(OC(C)=O)C(O)(CBr)OC(CCl)(CBr)C1OC(C)=O. The second-order valence-corrected chi connectivity index (χ2v) is 6.94. The summed E-state index contributed by atoms with van der Waals surface area (Å²) in [5.74, 6) is -4.45. The van der Waals surface area contributed by atoms with Crippen LogP contribution in [0, 0.1) is 0 Å². The van der Waals surface area contributed by atoms with Crippen molar-refractivity contribution >= 4 is 61.4 Å². The van der Waals surface area contributed by atoms with Crippen molar-refractivity contribution in [3.05, 3.63) is 0 Å². The van der Waals surface area contributed by atoms with Gasteiger partial charge in [-0.1, -0.05) is 31.9 Å². The summed E-state index contributed by atoms with van der Waals surface area (Å²) >= 11 is 12.4. The summed E-state index contributed by atoms with van der Waals surface area (Å²) in [5.41, 5.74) is -1.44. The van der Waals surface area contributed by atoms with E-state index in [4.69, 9.17) is 30.5 Å². The predicted molar refractivity (Wildman–Crippen MR) is 93.7 cm³/mol. The highest BCUT2D eigenvalue weighted by Crippen LogP contribution is 2.42. The first-order valence-electron chi connectivity index (χ1n) is 7.17. The lowest BCUT2D eigenvalue weighted by atomic mass is 9.85. The van der Waals surface area contributed by atoms with Crippen LogP contribution in [-0.4, -0.2) is 69.3 Å². The van der Waals surface area contributed by atoms with Crippen molar-refractivity contribution < 1.29 is 38.4 Å². The summed E-state index contributed by atoms with van der Waals surface area (Å²) in [6, 6.07) is 0. The third-order valence-corrected chi connectivity index (χ3v) is 5.68. The number of esters is 3. The topological polar surface area (TPSA) is 108 Å². The number of halogens is 3. The second-order valence-electron chi connectivity index (χ2n) is 5.55. The van der Waals surface area contributed by atoms with Gasteiger partial charge >= 0.3 is 17.9 Å². The quantitative estimate of drug-likeness (QED) is 0.323. The fourth-order valence-electron chi connectivity index (χ4n) is 2.54. The smallest absolute Gasteiger partial charge is 0.303 e. The van der Waals surface area contributed by atoms with E-state index in [1.54, 1.807) is 0 Å². The summed E-state index contributed by atoms with van der Waals surface area (Å²) in [4.78, 5) is 34.6. The van der Waals surface area contributed by atoms with Crippen LogP contribution in [0.5, 0.6) is 0 Å². The van der Waals surface area contributed by atoms with Gasteiger partial charge in [0.05, 0.1) is 11.2 Å². The summed E-state index contributed by atoms with van der Waals surface area (Å²) in [6.07, 6.45) is -4.01. The van der Waals surface area contributed by atoms with Crippen LogP contribution in [0.1, 0.15) is 20.8 Å². The number of hydrogen-bond donors (Lipinski definition) is 1. The predicted octanol–water partition coefficient (Wildman–Crippen LogP) is 1.27. The molecule has 8 nitrogen and oxygen atoms in total. The third kappa shape index (κ3) is 5.06. The molecule has 5 atom stereocenters. The van der Waals surface area contributed by atoms with Gasteiger partial charge in [0.2, 0.25) is 5.79 Å². The molecule has 0 spiro atoms. The van der Waals surface area contributed by atoms with Gasteiger partial charge in [-0.25, -0.2) is 0 Å². The Kier molecular flexibility index (Phi) is 8.13. The number of carbonyl (C=O) groups excluding carboxylic acids is 3. The number of ether oxygens (including phenoxy) is 4. The molecular formula is C14H19Br2ClO8. The van der Waals surface area contributed by atoms with Crippen LogP contribution in [-0.2, 0) is 33.3 Å². The average Bonchev–Trinajstić information content (AvgIpc) is 2.52. The minimum Gasteiger partial charge on any atom is -0.455 e. The molecular weight excluding hydrogens is 491 g/mol. The Morgan fingerprint density at radius 1 is 1.00 bits per heavy atom. The van der Waals surface area contributed by atoms with Crippen molar-refractivity contribution in [3.63, 3.8) is 0 Å². The van der Waals surface area contributed by atoms with Gasteiger partial charge < -0.3 is 24.1 Å². The van der Waals surface area contributed by atoms with E-state index in [-0.39, 0.29) is 16.5 Å². The highest BCUT2D eigenvalue weighted by Gasteiger charge is 2.64. The standard InChI is InChI=1S/C14H19Br2ClO8/c1-7(18)22-10-11(23-8(2)19)13(4-15,6-17)25-14(21,5-16)12(10)24-9(3)20/h10-12,21H,4-6H2,1-3H3. The fourth-order valence-corrected chi connectivity index (χ4v) is 4.13. The molecule has 1 fully saturated rings. The Balaban J connectivity index is 3.51. The lowest BCUT2D eigenvalue weighted by Gasteiger charge is -2.53. The van der Waals surface area contributed by atoms with Gasteiger partial charge in [-0.3, -0.25) is 14.4 Å². The van der Waals surface area contributed by atoms with E-state index < -0.39 is 47.6 Å². The van der Waals surface area contributed by atoms with Gasteiger partial charge in [-0.05, 0) is 0 Å². The van der Waals surface area contributed by atoms with Crippen molar-refractivity contribution in [2.45, 2.75) is 50.5 Å². The molecule has 1 heterocycles. The van der Waals surface area contributed by atoms with E-state index in [2.05, 4.69) is 31.9 Å². The third-order valence-electron chi connectivity index (χ3n) is 3.47. The van der Waals surface area contributed by atoms with Crippen LogP contribution in [0.4, 0.5) is 0 Å². The van der Waals surface area contributed by atoms with E-state index in [1.165, 1.54) is 0 Å². The summed E-state index contributed by atoms with van der Waals surface area (Å²) in [7, 11) is 0. The molecule has 1 rings (SSSR count). The molecule has 0 aromatic heterocycles. The molecule has 1 saturated heterocycles. The van der Waals surface area contributed by atoms with Gasteiger partial charge in [0, 0.05) is 26.1 Å². The van der Waals surface area contributed by atoms with Gasteiger partial charge in [0.25, 0.3) is 0 Å². The molecule has 1 aliphatic heterocycles. The van der Waals surface area contributed by atoms with Crippen molar-refractivity contribution in [2.75, 3.05) is 16.5 Å². The van der Waals surface area contributed by atoms with Crippen molar-refractivity contribution in [3.8, 4) is 0 Å². The maximum Gasteiger partial charge on any atom is 0.303 e. The zero-order valence-corrected chi connectivity index (χ0v) is 17.7. The minimum absolute atomic E-state index is 0.0430. The van der Waals surface area contributed by atoms with Crippen LogP contribution >= 0.6 is 43.5 Å². The number of alkyl halides is 3. The fraction of sp³-hybridized carbons (Fsp3) is 0.786. The maximum atomic E-state index is 11.6. The summed E-state index contributed by atoms with van der Waals surface area (Å²) < 4.78 is 21.4. The molecule has 0 aromatic rings. The summed E-state index contributed by atoms with van der Waals surface area (Å²) in [5, 5.41) is 10.7. The molecule has 0 amide bonds. The lowest BCUT2D eigenvalue weighted by molar-refractivity contribution is -0.359. The van der Waals surface area contributed by atoms with Crippen LogP contribution in [0.2, 0.25) is 0 Å². The highest BCUT2D eigenvalue weighted by molar-refractivity contribution is 9.09. The van der Waals surface area contributed by atoms with E-state index >= 15 is 0 Å². The molecule has 144 valence electrons. The molecule has 0 aliphatic carbocycles. The van der Waals surface area contributed by atoms with E-state index in [0.717, 1.165) is 20.8 Å². The first-order chi connectivity index (χ1) is 11.5. The van der Waals surface area contributed by atoms with E-state index in [0.29, 0.717) is 0 Å². The first kappa shape index (κ1) is 22.6. The van der Waals surface area contributed by atoms with Gasteiger partial charge in [-0.2, -0.15) is 0 Å². The molecule has 25 heavy (non-hydrogen) atoms. The van der Waals surface area contributed by atoms with Crippen molar-refractivity contribution in [2.24, 2.45) is 0 Å². The van der Waals surface area contributed by atoms with Gasteiger partial charge in [0.1, 0.15) is 5.60 Å². The maximum absolute atomic E-state index is 11.6. The van der Waals surface area contributed by atoms with E-state index in [1.807, 2.05) is 0 Å².